The topological polar surface area (TPSA) is 46.3 Å². The molecule has 1 aromatic rings. The van der Waals surface area contributed by atoms with Gasteiger partial charge in [0.2, 0.25) is 0 Å². The molecule has 2 rings (SSSR count). The maximum Gasteiger partial charge on any atom is 0.257 e. The molecule has 2 N–H and O–H groups in total. The third-order valence-electron chi connectivity index (χ3n) is 3.68. The van der Waals surface area contributed by atoms with Crippen molar-refractivity contribution in [1.82, 2.24) is 4.90 Å². The van der Waals surface area contributed by atoms with E-state index >= 15 is 0 Å². The van der Waals surface area contributed by atoms with Gasteiger partial charge in [0.25, 0.3) is 5.91 Å². The third-order valence-corrected chi connectivity index (χ3v) is 3.68. The zero-order valence-corrected chi connectivity index (χ0v) is 11.9. The Labute approximate surface area is 119 Å². The zero-order chi connectivity index (χ0) is 14.8. The normalized spacial score (nSPS) is 16.7. The molecular weight excluding hydrogens is 255 g/mol. The minimum absolute atomic E-state index is 0.0868. The molecule has 0 atom stereocenters. The maximum absolute atomic E-state index is 13.9. The Morgan fingerprint density at radius 3 is 2.85 bits per heavy atom. The van der Waals surface area contributed by atoms with E-state index < -0.39 is 5.82 Å². The van der Waals surface area contributed by atoms with E-state index in [1.807, 2.05) is 13.8 Å². The first-order valence-corrected chi connectivity index (χ1v) is 6.76. The summed E-state index contributed by atoms with van der Waals surface area (Å²) in [4.78, 5) is 14.3. The number of nitrogens with two attached hydrogens (primary N) is 1. The highest BCUT2D eigenvalue weighted by Gasteiger charge is 2.36. The highest BCUT2D eigenvalue weighted by molar-refractivity contribution is 5.95. The molecule has 0 bridgehead atoms. The Kier molecular flexibility index (Phi) is 4.10. The van der Waals surface area contributed by atoms with Crippen LogP contribution in [-0.4, -0.2) is 29.4 Å². The Morgan fingerprint density at radius 1 is 1.50 bits per heavy atom. The first kappa shape index (κ1) is 14.5. The van der Waals surface area contributed by atoms with Crippen LogP contribution in [0.5, 0.6) is 0 Å². The van der Waals surface area contributed by atoms with Crippen molar-refractivity contribution in [2.75, 3.05) is 13.1 Å². The molecule has 0 spiro atoms. The largest absolute Gasteiger partial charge is 0.333 e. The highest BCUT2D eigenvalue weighted by Crippen LogP contribution is 2.30. The zero-order valence-electron chi connectivity index (χ0n) is 11.9. The fourth-order valence-electron chi connectivity index (χ4n) is 2.55. The monoisotopic (exact) mass is 274 g/mol. The summed E-state index contributed by atoms with van der Waals surface area (Å²) in [5.41, 5.74) is 5.79. The van der Waals surface area contributed by atoms with E-state index in [4.69, 9.17) is 5.73 Å². The predicted molar refractivity (Wildman–Crippen MR) is 76.7 cm³/mol. The van der Waals surface area contributed by atoms with Crippen molar-refractivity contribution in [2.45, 2.75) is 32.2 Å². The van der Waals surface area contributed by atoms with Crippen molar-refractivity contribution in [2.24, 2.45) is 5.73 Å². The van der Waals surface area contributed by atoms with E-state index in [2.05, 4.69) is 11.8 Å². The number of rotatable bonds is 1. The lowest BCUT2D eigenvalue weighted by Crippen LogP contribution is -2.43. The van der Waals surface area contributed by atoms with Crippen LogP contribution in [0.2, 0.25) is 0 Å². The van der Waals surface area contributed by atoms with Crippen molar-refractivity contribution in [3.63, 3.8) is 0 Å². The van der Waals surface area contributed by atoms with Crippen LogP contribution in [0, 0.1) is 17.7 Å². The smallest absolute Gasteiger partial charge is 0.257 e. The Bertz CT molecular complexity index is 584. The van der Waals surface area contributed by atoms with Gasteiger partial charge in [-0.25, -0.2) is 4.39 Å². The fraction of sp³-hybridized carbons (Fsp3) is 0.438. The standard InChI is InChI=1S/C16H19FN2O/c1-16(2)8-4-10-19(16)15(20)13-11-12(5-3-9-18)6-7-14(13)17/h6-7,11H,4,8-10,18H2,1-2H3. The van der Waals surface area contributed by atoms with Crippen LogP contribution >= 0.6 is 0 Å². The number of benzene rings is 1. The van der Waals surface area contributed by atoms with Gasteiger partial charge in [0, 0.05) is 17.6 Å². The van der Waals surface area contributed by atoms with Crippen LogP contribution in [-0.2, 0) is 0 Å². The summed E-state index contributed by atoms with van der Waals surface area (Å²) in [5.74, 6) is 4.77. The maximum atomic E-state index is 13.9. The highest BCUT2D eigenvalue weighted by atomic mass is 19.1. The van der Waals surface area contributed by atoms with E-state index in [-0.39, 0.29) is 23.6 Å². The summed E-state index contributed by atoms with van der Waals surface area (Å²) in [6.45, 7) is 4.92. The van der Waals surface area contributed by atoms with E-state index in [0.717, 1.165) is 12.8 Å². The molecule has 3 nitrogen and oxygen atoms in total. The van der Waals surface area contributed by atoms with Crippen LogP contribution in [0.15, 0.2) is 18.2 Å². The molecule has 1 amide bonds. The molecular formula is C16H19FN2O. The van der Waals surface area contributed by atoms with Crippen molar-refractivity contribution < 1.29 is 9.18 Å². The second-order valence-corrected chi connectivity index (χ2v) is 5.57. The lowest BCUT2D eigenvalue weighted by Gasteiger charge is -2.31. The SMILES string of the molecule is CC1(C)CCCN1C(=O)c1cc(C#CCN)ccc1F. The molecule has 1 saturated heterocycles. The van der Waals surface area contributed by atoms with E-state index in [9.17, 15) is 9.18 Å². The molecule has 1 heterocycles. The number of carbonyl (C=O) groups excluding carboxylic acids is 1. The van der Waals surface area contributed by atoms with Crippen molar-refractivity contribution in [3.05, 3.63) is 35.1 Å². The molecule has 106 valence electrons. The molecule has 0 saturated carbocycles. The van der Waals surface area contributed by atoms with Crippen LogP contribution in [0.3, 0.4) is 0 Å². The Hall–Kier alpha value is -1.86. The van der Waals surface area contributed by atoms with Gasteiger partial charge in [0.15, 0.2) is 0 Å². The number of amides is 1. The average Bonchev–Trinajstić information content (AvgIpc) is 2.76. The molecule has 4 heteroatoms. The number of halogens is 1. The summed E-state index contributed by atoms with van der Waals surface area (Å²) in [6, 6.07) is 4.36. The molecule has 1 aliphatic heterocycles. The van der Waals surface area contributed by atoms with Gasteiger partial charge in [-0.2, -0.15) is 0 Å². The second-order valence-electron chi connectivity index (χ2n) is 5.57. The molecule has 20 heavy (non-hydrogen) atoms. The van der Waals surface area contributed by atoms with Crippen LogP contribution in [0.25, 0.3) is 0 Å². The summed E-state index contributed by atoms with van der Waals surface area (Å²) >= 11 is 0. The van der Waals surface area contributed by atoms with Gasteiger partial charge in [-0.05, 0) is 44.9 Å². The number of likely N-dealkylation sites (tertiary alicyclic amines) is 1. The third kappa shape index (κ3) is 2.83. The molecule has 1 aromatic carbocycles. The average molecular weight is 274 g/mol. The van der Waals surface area contributed by atoms with Crippen LogP contribution in [0.1, 0.15) is 42.6 Å². The lowest BCUT2D eigenvalue weighted by molar-refractivity contribution is 0.0647. The van der Waals surface area contributed by atoms with Gasteiger partial charge in [-0.15, -0.1) is 0 Å². The number of hydrogen-bond acceptors (Lipinski definition) is 2. The quantitative estimate of drug-likeness (QED) is 0.798. The van der Waals surface area contributed by atoms with Crippen LogP contribution in [0.4, 0.5) is 4.39 Å². The van der Waals surface area contributed by atoms with Crippen molar-refractivity contribution >= 4 is 5.91 Å². The summed E-state index contributed by atoms with van der Waals surface area (Å²) < 4.78 is 13.9. The predicted octanol–water partition coefficient (Wildman–Crippen LogP) is 2.15. The minimum Gasteiger partial charge on any atom is -0.333 e. The first-order chi connectivity index (χ1) is 9.45. The van der Waals surface area contributed by atoms with Crippen molar-refractivity contribution in [1.29, 1.82) is 0 Å². The number of nitrogens with zero attached hydrogens (tertiary/aromatic N) is 1. The van der Waals surface area contributed by atoms with Gasteiger partial charge in [0.05, 0.1) is 12.1 Å². The van der Waals surface area contributed by atoms with Gasteiger partial charge in [0.1, 0.15) is 5.82 Å². The van der Waals surface area contributed by atoms with Gasteiger partial charge >= 0.3 is 0 Å². The Balaban J connectivity index is 2.34. The Morgan fingerprint density at radius 2 is 2.25 bits per heavy atom. The fourth-order valence-corrected chi connectivity index (χ4v) is 2.55. The van der Waals surface area contributed by atoms with E-state index in [1.165, 1.54) is 12.1 Å². The summed E-state index contributed by atoms with van der Waals surface area (Å²) in [5, 5.41) is 0. The van der Waals surface area contributed by atoms with E-state index in [0.29, 0.717) is 12.1 Å². The molecule has 1 fully saturated rings. The van der Waals surface area contributed by atoms with Crippen LogP contribution < -0.4 is 5.73 Å². The van der Waals surface area contributed by atoms with Gasteiger partial charge in [-0.1, -0.05) is 11.8 Å². The van der Waals surface area contributed by atoms with Gasteiger partial charge < -0.3 is 10.6 Å². The molecule has 0 unspecified atom stereocenters. The summed E-state index contributed by atoms with van der Waals surface area (Å²) in [7, 11) is 0. The number of hydrogen-bond donors (Lipinski definition) is 1. The minimum atomic E-state index is -0.504. The second kappa shape index (κ2) is 5.64. The lowest BCUT2D eigenvalue weighted by atomic mass is 10.0. The molecule has 0 aliphatic carbocycles. The first-order valence-electron chi connectivity index (χ1n) is 6.76. The van der Waals surface area contributed by atoms with Crippen molar-refractivity contribution in [3.8, 4) is 11.8 Å². The molecule has 1 aliphatic rings. The van der Waals surface area contributed by atoms with Gasteiger partial charge in [-0.3, -0.25) is 4.79 Å². The number of carbonyl (C=O) groups is 1. The molecule has 0 aromatic heterocycles. The van der Waals surface area contributed by atoms with E-state index in [1.54, 1.807) is 11.0 Å². The summed E-state index contributed by atoms with van der Waals surface area (Å²) in [6.07, 6.45) is 1.89. The molecule has 0 radical (unpaired) electrons.